The van der Waals surface area contributed by atoms with Gasteiger partial charge in [-0.25, -0.2) is 28.9 Å². The molecule has 10 rings (SSSR count). The summed E-state index contributed by atoms with van der Waals surface area (Å²) >= 11 is 3.56. The van der Waals surface area contributed by atoms with Crippen LogP contribution in [0.5, 0.6) is 34.5 Å². The second kappa shape index (κ2) is 27.9. The highest BCUT2D eigenvalue weighted by Crippen LogP contribution is 2.37. The number of halogens is 1. The highest BCUT2D eigenvalue weighted by atomic mass is 79.9. The van der Waals surface area contributed by atoms with Gasteiger partial charge in [-0.3, -0.25) is 0 Å². The number of pyridine rings is 2. The van der Waals surface area contributed by atoms with E-state index >= 15 is 0 Å². The maximum atomic E-state index is 13.0. The predicted molar refractivity (Wildman–Crippen MR) is 328 cm³/mol. The Balaban J connectivity index is 0.000000183. The maximum Gasteiger partial charge on any atom is 0.410 e. The molecule has 4 aromatic heterocycles. The lowest BCUT2D eigenvalue weighted by molar-refractivity contribution is 0.0101. The third-order valence-corrected chi connectivity index (χ3v) is 14.5. The Bertz CT molecular complexity index is 3390. The quantitative estimate of drug-likeness (QED) is 0.104. The number of likely N-dealkylation sites (tertiary alicyclic amines) is 2. The Hall–Kier alpha value is -7.90. The van der Waals surface area contributed by atoms with E-state index in [1.165, 1.54) is 5.56 Å². The van der Waals surface area contributed by atoms with Gasteiger partial charge in [0.15, 0.2) is 17.1 Å². The van der Waals surface area contributed by atoms with E-state index in [1.54, 1.807) is 31.5 Å². The van der Waals surface area contributed by atoms with Gasteiger partial charge in [-0.2, -0.15) is 10.2 Å². The summed E-state index contributed by atoms with van der Waals surface area (Å²) in [4.78, 5) is 37.7. The molecule has 2 aliphatic heterocycles. The molecule has 2 saturated heterocycles. The summed E-state index contributed by atoms with van der Waals surface area (Å²) in [6, 6.07) is 35.6. The Morgan fingerprint density at radius 1 is 0.578 bits per heavy atom. The van der Waals surface area contributed by atoms with Crippen LogP contribution in [0.1, 0.15) is 102 Å². The summed E-state index contributed by atoms with van der Waals surface area (Å²) in [5.41, 5.74) is 10.7. The fraction of sp³-hybridized carbons (Fsp3) is 0.406. The van der Waals surface area contributed by atoms with E-state index in [1.807, 2.05) is 179 Å². The first-order valence-corrected chi connectivity index (χ1v) is 29.1. The van der Waals surface area contributed by atoms with Gasteiger partial charge in [0.1, 0.15) is 55.7 Å². The highest BCUT2D eigenvalue weighted by molar-refractivity contribution is 9.10. The molecule has 0 unspecified atom stereocenters. The average molecular weight is 1200 g/mol. The molecule has 3 N–H and O–H groups in total. The van der Waals surface area contributed by atoms with Gasteiger partial charge in [0.05, 0.1) is 38.7 Å². The van der Waals surface area contributed by atoms with Crippen LogP contribution < -0.4 is 30.0 Å². The van der Waals surface area contributed by atoms with Crippen molar-refractivity contribution in [1.82, 2.24) is 39.3 Å². The van der Waals surface area contributed by atoms with Crippen molar-refractivity contribution in [1.29, 1.82) is 0 Å². The Morgan fingerprint density at radius 3 is 1.46 bits per heavy atom. The minimum atomic E-state index is -0.545. The van der Waals surface area contributed by atoms with Crippen LogP contribution in [0.15, 0.2) is 126 Å². The van der Waals surface area contributed by atoms with Gasteiger partial charge in [-0.05, 0) is 170 Å². The zero-order valence-corrected chi connectivity index (χ0v) is 51.1. The zero-order valence-electron chi connectivity index (χ0n) is 49.5. The minimum absolute atomic E-state index is 0.0153. The number of fused-ring (bicyclic) bond motifs is 2. The first-order chi connectivity index (χ1) is 39.8. The smallest absolute Gasteiger partial charge is 0.410 e. The molecule has 4 aromatic carbocycles. The van der Waals surface area contributed by atoms with Crippen molar-refractivity contribution >= 4 is 56.0 Å². The van der Waals surface area contributed by atoms with Gasteiger partial charge in [0.25, 0.3) is 0 Å². The minimum Gasteiger partial charge on any atom is -0.497 e. The largest absolute Gasteiger partial charge is 0.497 e. The van der Waals surface area contributed by atoms with Crippen LogP contribution in [0.25, 0.3) is 22.1 Å². The molecule has 2 fully saturated rings. The fourth-order valence-corrected chi connectivity index (χ4v) is 10.2. The van der Waals surface area contributed by atoms with E-state index in [9.17, 15) is 9.59 Å². The molecule has 6 heterocycles. The molecule has 18 nitrogen and oxygen atoms in total. The Morgan fingerprint density at radius 2 is 1.00 bits per heavy atom. The third kappa shape index (κ3) is 16.9. The number of benzene rings is 4. The number of anilines is 1. The van der Waals surface area contributed by atoms with Gasteiger partial charge >= 0.3 is 12.2 Å². The molecule has 0 saturated carbocycles. The number of hydrogen-bond donors (Lipinski definition) is 2. The molecule has 19 heteroatoms. The monoisotopic (exact) mass is 1190 g/mol. The Labute approximate surface area is 495 Å². The fourth-order valence-electron chi connectivity index (χ4n) is 9.68. The molecule has 83 heavy (non-hydrogen) atoms. The summed E-state index contributed by atoms with van der Waals surface area (Å²) in [7, 11) is 3.32. The number of nitrogens with zero attached hydrogens (tertiary/aromatic N) is 8. The number of aromatic nitrogens is 6. The van der Waals surface area contributed by atoms with Crippen molar-refractivity contribution in [3.8, 4) is 34.5 Å². The first kappa shape index (κ1) is 61.2. The van der Waals surface area contributed by atoms with Gasteiger partial charge < -0.3 is 49.3 Å². The van der Waals surface area contributed by atoms with E-state index in [4.69, 9.17) is 44.2 Å². The number of carbonyl (C=O) groups is 2. The summed E-state index contributed by atoms with van der Waals surface area (Å²) in [6.45, 7) is 19.1. The SMILES string of the molecule is CC(C)(C)OC(=O)N1CCCC[C@H]1CN.COc1ccc(Cn2nc(Br)c3c(Oc4ccc(C)cc4)ccnc32)cc1.COc1ccc(Cn2nc(NC[C@@H]3CCCCN3C(=O)OC(C)(C)C)c3c(Oc4ccc(C)cc4)ccnc32)cc1. The molecular formula is C64H79BrN10O8. The lowest BCUT2D eigenvalue weighted by Gasteiger charge is -2.36. The summed E-state index contributed by atoms with van der Waals surface area (Å²) < 4.78 is 38.5. The molecule has 0 spiro atoms. The molecule has 2 atom stereocenters. The topological polar surface area (TPSA) is 195 Å². The van der Waals surface area contributed by atoms with Crippen molar-refractivity contribution in [2.24, 2.45) is 5.73 Å². The molecule has 8 aromatic rings. The van der Waals surface area contributed by atoms with Crippen molar-refractivity contribution < 1.29 is 38.0 Å². The molecule has 2 amide bonds. The molecule has 2 aliphatic rings. The molecule has 440 valence electrons. The van der Waals surface area contributed by atoms with Crippen LogP contribution in [-0.2, 0) is 22.6 Å². The summed E-state index contributed by atoms with van der Waals surface area (Å²) in [6.07, 6.45) is 9.10. The molecular weight excluding hydrogens is 1120 g/mol. The Kier molecular flexibility index (Phi) is 20.6. The number of hydrogen-bond acceptors (Lipinski definition) is 14. The van der Waals surface area contributed by atoms with Crippen molar-refractivity contribution in [2.75, 3.05) is 45.7 Å². The van der Waals surface area contributed by atoms with E-state index in [0.717, 1.165) is 107 Å². The second-order valence-corrected chi connectivity index (χ2v) is 23.5. The second-order valence-electron chi connectivity index (χ2n) is 22.8. The van der Waals surface area contributed by atoms with Crippen molar-refractivity contribution in [3.05, 3.63) is 148 Å². The van der Waals surface area contributed by atoms with E-state index in [-0.39, 0.29) is 24.3 Å². The van der Waals surface area contributed by atoms with Crippen molar-refractivity contribution in [3.63, 3.8) is 0 Å². The van der Waals surface area contributed by atoms with Crippen LogP contribution in [0.4, 0.5) is 15.4 Å². The first-order valence-electron chi connectivity index (χ1n) is 28.3. The zero-order chi connectivity index (χ0) is 59.3. The summed E-state index contributed by atoms with van der Waals surface area (Å²) in [5, 5.41) is 14.7. The number of aryl methyl sites for hydroxylation is 2. The van der Waals surface area contributed by atoms with Crippen LogP contribution in [0.2, 0.25) is 0 Å². The molecule has 0 bridgehead atoms. The number of nitrogens with two attached hydrogens (primary N) is 1. The van der Waals surface area contributed by atoms with Gasteiger partial charge in [0, 0.05) is 56.7 Å². The predicted octanol–water partition coefficient (Wildman–Crippen LogP) is 13.9. The normalized spacial score (nSPS) is 15.3. The number of carbonyl (C=O) groups excluding carboxylic acids is 2. The lowest BCUT2D eigenvalue weighted by atomic mass is 10.0. The number of ether oxygens (including phenoxy) is 6. The van der Waals surface area contributed by atoms with Crippen LogP contribution >= 0.6 is 15.9 Å². The number of amides is 2. The lowest BCUT2D eigenvalue weighted by Crippen LogP contribution is -2.49. The van der Waals surface area contributed by atoms with E-state index in [2.05, 4.69) is 31.3 Å². The van der Waals surface area contributed by atoms with Gasteiger partial charge in [-0.15, -0.1) is 0 Å². The maximum absolute atomic E-state index is 13.0. The average Bonchev–Trinajstić information content (AvgIpc) is 3.58. The van der Waals surface area contributed by atoms with E-state index < -0.39 is 11.2 Å². The van der Waals surface area contributed by atoms with Crippen LogP contribution in [0.3, 0.4) is 0 Å². The number of methoxy groups -OCH3 is 2. The summed E-state index contributed by atoms with van der Waals surface area (Å²) in [5.74, 6) is 5.20. The standard InChI is InChI=1S/C32H39N5O4.C21H18BrN3O2.C11H22N2O2/c1-22-9-13-26(14-10-22)40-27-17-18-33-30-28(27)29(35-37(30)21-23-11-15-25(39-5)16-12-23)34-20-24-8-6-7-19-36(24)31(38)41-32(2,3)4;1-14-3-7-17(8-4-14)27-18-11-12-23-21-19(18)20(22)24-25(21)13-15-5-9-16(26-2)10-6-15;1-11(2,3)15-10(14)13-7-5-4-6-9(13)8-12/h9-18,24H,6-8,19-21H2,1-5H3,(H,34,35);3-12H,13H2,1-2H3;9H,4-8,12H2,1-3H3/t24-;;9-/m0.0/s1. The van der Waals surface area contributed by atoms with Gasteiger partial charge in [0.2, 0.25) is 0 Å². The molecule has 0 aliphatic carbocycles. The van der Waals surface area contributed by atoms with Crippen LogP contribution in [0, 0.1) is 13.8 Å². The van der Waals surface area contributed by atoms with Crippen LogP contribution in [-0.4, -0.2) is 115 Å². The number of nitrogens with one attached hydrogen (secondary N) is 1. The number of rotatable bonds is 14. The number of piperidine rings is 2. The molecule has 0 radical (unpaired) electrons. The van der Waals surface area contributed by atoms with E-state index in [0.29, 0.717) is 54.5 Å². The van der Waals surface area contributed by atoms with Crippen molar-refractivity contribution in [2.45, 2.75) is 130 Å². The van der Waals surface area contributed by atoms with Gasteiger partial charge in [-0.1, -0.05) is 59.7 Å². The third-order valence-electron chi connectivity index (χ3n) is 13.9. The highest BCUT2D eigenvalue weighted by Gasteiger charge is 2.32.